The van der Waals surface area contributed by atoms with E-state index in [0.29, 0.717) is 24.5 Å². The average molecular weight is 324 g/mol. The number of imidazole rings is 1. The molecule has 3 heterocycles. The Kier molecular flexibility index (Phi) is 3.48. The van der Waals surface area contributed by atoms with Crippen molar-refractivity contribution in [1.82, 2.24) is 19.4 Å². The molecule has 2 aliphatic rings. The number of nitrogens with zero attached hydrogens (tertiary/aromatic N) is 4. The zero-order chi connectivity index (χ0) is 16.8. The van der Waals surface area contributed by atoms with E-state index in [0.717, 1.165) is 0 Å². The third-order valence-corrected chi connectivity index (χ3v) is 5.12. The highest BCUT2D eigenvalue weighted by Crippen LogP contribution is 2.53. The molecular weight excluding hydrogens is 304 g/mol. The van der Waals surface area contributed by atoms with Gasteiger partial charge in [0, 0.05) is 37.4 Å². The Morgan fingerprint density at radius 2 is 1.88 bits per heavy atom. The number of aromatic nitrogens is 3. The normalized spacial score (nSPS) is 25.0. The lowest BCUT2D eigenvalue weighted by atomic mass is 10.1. The molecule has 6 nitrogen and oxygen atoms in total. The summed E-state index contributed by atoms with van der Waals surface area (Å²) >= 11 is 0. The van der Waals surface area contributed by atoms with Crippen LogP contribution in [0.4, 0.5) is 0 Å². The highest BCUT2D eigenvalue weighted by Gasteiger charge is 2.60. The number of carbonyl (C=O) groups excluding carboxylic acids is 2. The first-order valence-corrected chi connectivity index (χ1v) is 8.34. The number of Topliss-reactive ketones (excluding diaryl/α,β-unsaturated/α-hetero) is 1. The van der Waals surface area contributed by atoms with Gasteiger partial charge in [-0.2, -0.15) is 0 Å². The van der Waals surface area contributed by atoms with E-state index in [1.807, 2.05) is 15.5 Å². The second kappa shape index (κ2) is 5.54. The number of carbonyl (C=O) groups is 2. The van der Waals surface area contributed by atoms with Crippen molar-refractivity contribution in [3.8, 4) is 0 Å². The SMILES string of the molecule is CC(C)n1cnc(C(=O)N2CC3C(C2)C3C(=O)c2ccccn2)c1. The summed E-state index contributed by atoms with van der Waals surface area (Å²) in [5.41, 5.74) is 1.02. The van der Waals surface area contributed by atoms with Crippen molar-refractivity contribution in [2.75, 3.05) is 13.1 Å². The van der Waals surface area contributed by atoms with Crippen LogP contribution in [-0.4, -0.2) is 44.2 Å². The van der Waals surface area contributed by atoms with E-state index >= 15 is 0 Å². The topological polar surface area (TPSA) is 68.1 Å². The first-order valence-electron chi connectivity index (χ1n) is 8.34. The van der Waals surface area contributed by atoms with Gasteiger partial charge in [-0.1, -0.05) is 6.07 Å². The lowest BCUT2D eigenvalue weighted by Crippen LogP contribution is -2.32. The molecule has 6 heteroatoms. The second-order valence-corrected chi connectivity index (χ2v) is 6.94. The molecule has 2 unspecified atom stereocenters. The third kappa shape index (κ3) is 2.42. The Morgan fingerprint density at radius 1 is 1.12 bits per heavy atom. The Morgan fingerprint density at radius 3 is 2.46 bits per heavy atom. The lowest BCUT2D eigenvalue weighted by Gasteiger charge is -2.18. The third-order valence-electron chi connectivity index (χ3n) is 5.12. The molecule has 0 N–H and O–H groups in total. The van der Waals surface area contributed by atoms with Crippen LogP contribution in [0, 0.1) is 17.8 Å². The van der Waals surface area contributed by atoms with Crippen molar-refractivity contribution in [3.63, 3.8) is 0 Å². The molecule has 2 atom stereocenters. The zero-order valence-electron chi connectivity index (χ0n) is 13.8. The van der Waals surface area contributed by atoms with Crippen LogP contribution in [0.15, 0.2) is 36.9 Å². The minimum atomic E-state index is -0.0364. The Balaban J connectivity index is 1.39. The van der Waals surface area contributed by atoms with Crippen LogP contribution in [0.2, 0.25) is 0 Å². The van der Waals surface area contributed by atoms with Crippen molar-refractivity contribution in [2.24, 2.45) is 17.8 Å². The quantitative estimate of drug-likeness (QED) is 0.807. The fraction of sp³-hybridized carbons (Fsp3) is 0.444. The van der Waals surface area contributed by atoms with Crippen LogP contribution >= 0.6 is 0 Å². The number of likely N-dealkylation sites (tertiary alicyclic amines) is 1. The van der Waals surface area contributed by atoms with E-state index in [-0.39, 0.29) is 35.5 Å². The molecule has 1 saturated carbocycles. The average Bonchev–Trinajstić information content (AvgIpc) is 3.00. The van der Waals surface area contributed by atoms with Crippen LogP contribution in [0.5, 0.6) is 0 Å². The van der Waals surface area contributed by atoms with Crippen molar-refractivity contribution in [2.45, 2.75) is 19.9 Å². The van der Waals surface area contributed by atoms with Gasteiger partial charge >= 0.3 is 0 Å². The maximum atomic E-state index is 12.5. The number of hydrogen-bond acceptors (Lipinski definition) is 4. The lowest BCUT2D eigenvalue weighted by molar-refractivity contribution is 0.0746. The standard InChI is InChI=1S/C18H20N4O2/c1-11(2)22-9-15(20-10-22)18(24)21-7-12-13(8-21)16(12)17(23)14-5-3-4-6-19-14/h3-6,9-13,16H,7-8H2,1-2H3. The molecule has 24 heavy (non-hydrogen) atoms. The number of ketones is 1. The predicted octanol–water partition coefficient (Wildman–Crippen LogP) is 2.06. The van der Waals surface area contributed by atoms with E-state index in [1.54, 1.807) is 30.9 Å². The maximum absolute atomic E-state index is 12.5. The van der Waals surface area contributed by atoms with Crippen LogP contribution in [0.25, 0.3) is 0 Å². The van der Waals surface area contributed by atoms with Crippen LogP contribution < -0.4 is 0 Å². The summed E-state index contributed by atoms with van der Waals surface area (Å²) in [6, 6.07) is 5.68. The number of fused-ring (bicyclic) bond motifs is 1. The summed E-state index contributed by atoms with van der Waals surface area (Å²) in [7, 11) is 0. The summed E-state index contributed by atoms with van der Waals surface area (Å²) in [6.45, 7) is 5.38. The fourth-order valence-corrected chi connectivity index (χ4v) is 3.65. The molecule has 4 rings (SSSR count). The second-order valence-electron chi connectivity index (χ2n) is 6.94. The first kappa shape index (κ1) is 15.1. The molecule has 0 radical (unpaired) electrons. The van der Waals surface area contributed by atoms with Gasteiger partial charge in [0.25, 0.3) is 5.91 Å². The van der Waals surface area contributed by atoms with Gasteiger partial charge in [0.05, 0.1) is 6.33 Å². The van der Waals surface area contributed by atoms with Gasteiger partial charge < -0.3 is 9.47 Å². The van der Waals surface area contributed by atoms with E-state index in [1.165, 1.54) is 0 Å². The van der Waals surface area contributed by atoms with Gasteiger partial charge in [0.1, 0.15) is 11.4 Å². The molecule has 1 amide bonds. The number of pyridine rings is 1. The zero-order valence-corrected chi connectivity index (χ0v) is 13.8. The predicted molar refractivity (Wildman–Crippen MR) is 87.6 cm³/mol. The molecule has 2 aromatic heterocycles. The highest BCUT2D eigenvalue weighted by molar-refractivity contribution is 5.99. The smallest absolute Gasteiger partial charge is 0.274 e. The van der Waals surface area contributed by atoms with Crippen molar-refractivity contribution in [3.05, 3.63) is 48.3 Å². The van der Waals surface area contributed by atoms with Crippen LogP contribution in [0.3, 0.4) is 0 Å². The molecule has 0 spiro atoms. The van der Waals surface area contributed by atoms with E-state index in [2.05, 4.69) is 23.8 Å². The molecule has 0 bridgehead atoms. The molecule has 0 aromatic carbocycles. The minimum absolute atomic E-state index is 0.0252. The molecule has 1 saturated heterocycles. The first-order chi connectivity index (χ1) is 11.6. The summed E-state index contributed by atoms with van der Waals surface area (Å²) < 4.78 is 1.93. The Labute approximate surface area is 140 Å². The summed E-state index contributed by atoms with van der Waals surface area (Å²) in [5.74, 6) is 0.649. The Bertz CT molecular complexity index is 771. The fourth-order valence-electron chi connectivity index (χ4n) is 3.65. The van der Waals surface area contributed by atoms with Gasteiger partial charge in [-0.25, -0.2) is 4.98 Å². The largest absolute Gasteiger partial charge is 0.337 e. The van der Waals surface area contributed by atoms with E-state index in [4.69, 9.17) is 0 Å². The number of piperidine rings is 1. The van der Waals surface area contributed by atoms with Gasteiger partial charge in [-0.05, 0) is 37.8 Å². The van der Waals surface area contributed by atoms with Crippen molar-refractivity contribution >= 4 is 11.7 Å². The number of rotatable bonds is 4. The summed E-state index contributed by atoms with van der Waals surface area (Å²) in [4.78, 5) is 35.2. The summed E-state index contributed by atoms with van der Waals surface area (Å²) in [6.07, 6.45) is 5.14. The number of hydrogen-bond donors (Lipinski definition) is 0. The van der Waals surface area contributed by atoms with Gasteiger partial charge in [0.15, 0.2) is 5.78 Å². The Hall–Kier alpha value is -2.50. The molecular formula is C18H20N4O2. The van der Waals surface area contributed by atoms with Crippen LogP contribution in [0.1, 0.15) is 40.9 Å². The molecule has 2 fully saturated rings. The molecule has 2 aromatic rings. The molecule has 1 aliphatic heterocycles. The monoisotopic (exact) mass is 324 g/mol. The number of amides is 1. The highest BCUT2D eigenvalue weighted by atomic mass is 16.2. The van der Waals surface area contributed by atoms with Crippen molar-refractivity contribution < 1.29 is 9.59 Å². The maximum Gasteiger partial charge on any atom is 0.274 e. The van der Waals surface area contributed by atoms with Gasteiger partial charge in [0.2, 0.25) is 0 Å². The summed E-state index contributed by atoms with van der Waals surface area (Å²) in [5, 5.41) is 0. The van der Waals surface area contributed by atoms with Gasteiger partial charge in [-0.15, -0.1) is 0 Å². The van der Waals surface area contributed by atoms with E-state index < -0.39 is 0 Å². The van der Waals surface area contributed by atoms with Crippen LogP contribution in [-0.2, 0) is 0 Å². The van der Waals surface area contributed by atoms with Crippen molar-refractivity contribution in [1.29, 1.82) is 0 Å². The minimum Gasteiger partial charge on any atom is -0.337 e. The molecule has 1 aliphatic carbocycles. The van der Waals surface area contributed by atoms with Gasteiger partial charge in [-0.3, -0.25) is 14.6 Å². The molecule has 124 valence electrons. The van der Waals surface area contributed by atoms with E-state index in [9.17, 15) is 9.59 Å².